The molecule has 1 fully saturated rings. The number of nitrogens with two attached hydrogens (primary N) is 1. The molecule has 21 heavy (non-hydrogen) atoms. The van der Waals surface area contributed by atoms with Crippen molar-refractivity contribution in [2.24, 2.45) is 5.73 Å². The van der Waals surface area contributed by atoms with E-state index in [4.69, 9.17) is 5.73 Å². The number of piperazine rings is 1. The largest absolute Gasteiger partial charge is 0.508 e. The van der Waals surface area contributed by atoms with Crippen molar-refractivity contribution in [2.75, 3.05) is 31.1 Å². The number of carbonyl (C=O) groups is 1. The van der Waals surface area contributed by atoms with E-state index in [9.17, 15) is 9.90 Å². The third kappa shape index (κ3) is 3.67. The summed E-state index contributed by atoms with van der Waals surface area (Å²) in [4.78, 5) is 16.5. The Balaban J connectivity index is 1.94. The molecule has 116 valence electrons. The first-order chi connectivity index (χ1) is 9.94. The van der Waals surface area contributed by atoms with Crippen molar-refractivity contribution < 1.29 is 9.90 Å². The molecule has 0 aromatic heterocycles. The standard InChI is InChI=1S/C16H25N3O2/c1-3-8-16(2,17)15(21)19-11-9-18(10-12-19)13-4-6-14(20)7-5-13/h4-7,20H,3,8-12,17H2,1-2H3. The highest BCUT2D eigenvalue weighted by Crippen LogP contribution is 2.21. The lowest BCUT2D eigenvalue weighted by molar-refractivity contribution is -0.137. The van der Waals surface area contributed by atoms with Crippen LogP contribution in [-0.2, 0) is 4.79 Å². The second-order valence-electron chi connectivity index (χ2n) is 5.96. The fraction of sp³-hybridized carbons (Fsp3) is 0.562. The van der Waals surface area contributed by atoms with Crippen molar-refractivity contribution in [2.45, 2.75) is 32.2 Å². The Morgan fingerprint density at radius 1 is 1.24 bits per heavy atom. The third-order valence-electron chi connectivity index (χ3n) is 4.04. The molecule has 1 aromatic rings. The number of phenolic OH excluding ortho intramolecular Hbond substituents is 1. The molecule has 5 nitrogen and oxygen atoms in total. The van der Waals surface area contributed by atoms with Crippen molar-refractivity contribution in [3.8, 4) is 5.75 Å². The zero-order valence-electron chi connectivity index (χ0n) is 12.9. The highest BCUT2D eigenvalue weighted by Gasteiger charge is 2.33. The summed E-state index contributed by atoms with van der Waals surface area (Å²) in [6.45, 7) is 6.83. The highest BCUT2D eigenvalue weighted by molar-refractivity contribution is 5.85. The molecule has 1 heterocycles. The second kappa shape index (κ2) is 6.35. The number of phenols is 1. The van der Waals surface area contributed by atoms with Crippen molar-refractivity contribution in [3.63, 3.8) is 0 Å². The molecule has 1 aliphatic heterocycles. The predicted octanol–water partition coefficient (Wildman–Crippen LogP) is 1.56. The van der Waals surface area contributed by atoms with Gasteiger partial charge in [0.05, 0.1) is 5.54 Å². The van der Waals surface area contributed by atoms with Crippen LogP contribution in [0.25, 0.3) is 0 Å². The number of anilines is 1. The van der Waals surface area contributed by atoms with Gasteiger partial charge in [-0.05, 0) is 37.6 Å². The zero-order valence-corrected chi connectivity index (χ0v) is 12.9. The summed E-state index contributed by atoms with van der Waals surface area (Å²) >= 11 is 0. The molecule has 3 N–H and O–H groups in total. The summed E-state index contributed by atoms with van der Waals surface area (Å²) < 4.78 is 0. The van der Waals surface area contributed by atoms with Crippen LogP contribution in [0.15, 0.2) is 24.3 Å². The van der Waals surface area contributed by atoms with Crippen LogP contribution in [0.3, 0.4) is 0 Å². The van der Waals surface area contributed by atoms with E-state index < -0.39 is 5.54 Å². The number of benzene rings is 1. The van der Waals surface area contributed by atoms with Crippen molar-refractivity contribution >= 4 is 11.6 Å². The maximum Gasteiger partial charge on any atom is 0.242 e. The van der Waals surface area contributed by atoms with E-state index in [1.54, 1.807) is 12.1 Å². The minimum Gasteiger partial charge on any atom is -0.508 e. The molecule has 5 heteroatoms. The van der Waals surface area contributed by atoms with Gasteiger partial charge in [0.25, 0.3) is 0 Å². The number of amides is 1. The number of hydrogen-bond donors (Lipinski definition) is 2. The van der Waals surface area contributed by atoms with E-state index >= 15 is 0 Å². The zero-order chi connectivity index (χ0) is 15.5. The first kappa shape index (κ1) is 15.6. The molecule has 0 aliphatic carbocycles. The van der Waals surface area contributed by atoms with Gasteiger partial charge in [0.15, 0.2) is 0 Å². The van der Waals surface area contributed by atoms with E-state index in [0.717, 1.165) is 25.2 Å². The van der Waals surface area contributed by atoms with Gasteiger partial charge in [0.1, 0.15) is 5.75 Å². The molecule has 1 aromatic carbocycles. The van der Waals surface area contributed by atoms with Crippen LogP contribution >= 0.6 is 0 Å². The quantitative estimate of drug-likeness (QED) is 0.883. The van der Waals surface area contributed by atoms with Crippen LogP contribution in [0.2, 0.25) is 0 Å². The highest BCUT2D eigenvalue weighted by atomic mass is 16.3. The second-order valence-corrected chi connectivity index (χ2v) is 5.96. The predicted molar refractivity (Wildman–Crippen MR) is 84.4 cm³/mol. The molecular formula is C16H25N3O2. The molecule has 1 atom stereocenters. The van der Waals surface area contributed by atoms with Crippen molar-refractivity contribution in [1.29, 1.82) is 0 Å². The van der Waals surface area contributed by atoms with Crippen LogP contribution < -0.4 is 10.6 Å². The van der Waals surface area contributed by atoms with Gasteiger partial charge in [0.2, 0.25) is 5.91 Å². The average molecular weight is 291 g/mol. The van der Waals surface area contributed by atoms with E-state index in [-0.39, 0.29) is 11.7 Å². The molecule has 2 rings (SSSR count). The van der Waals surface area contributed by atoms with Crippen LogP contribution in [0, 0.1) is 0 Å². The van der Waals surface area contributed by atoms with Crippen LogP contribution in [-0.4, -0.2) is 47.6 Å². The molecule has 1 amide bonds. The van der Waals surface area contributed by atoms with Gasteiger partial charge < -0.3 is 20.6 Å². The van der Waals surface area contributed by atoms with Gasteiger partial charge in [-0.15, -0.1) is 0 Å². The summed E-state index contributed by atoms with van der Waals surface area (Å²) in [7, 11) is 0. The summed E-state index contributed by atoms with van der Waals surface area (Å²) in [6.07, 6.45) is 1.62. The Bertz CT molecular complexity index is 477. The van der Waals surface area contributed by atoms with Gasteiger partial charge in [-0.1, -0.05) is 13.3 Å². The Hall–Kier alpha value is -1.75. The topological polar surface area (TPSA) is 69.8 Å². The number of hydrogen-bond acceptors (Lipinski definition) is 4. The maximum absolute atomic E-state index is 12.4. The molecule has 0 bridgehead atoms. The number of rotatable bonds is 4. The van der Waals surface area contributed by atoms with Gasteiger partial charge in [-0.2, -0.15) is 0 Å². The molecule has 1 unspecified atom stereocenters. The van der Waals surface area contributed by atoms with Crippen molar-refractivity contribution in [3.05, 3.63) is 24.3 Å². The smallest absolute Gasteiger partial charge is 0.242 e. The monoisotopic (exact) mass is 291 g/mol. The lowest BCUT2D eigenvalue weighted by atomic mass is 9.95. The van der Waals surface area contributed by atoms with E-state index in [1.807, 2.05) is 30.9 Å². The van der Waals surface area contributed by atoms with Crippen molar-refractivity contribution in [1.82, 2.24) is 4.90 Å². The van der Waals surface area contributed by atoms with E-state index in [0.29, 0.717) is 19.5 Å². The van der Waals surface area contributed by atoms with E-state index in [1.165, 1.54) is 0 Å². The summed E-state index contributed by atoms with van der Waals surface area (Å²) in [5, 5.41) is 9.32. The molecule has 1 aliphatic rings. The Morgan fingerprint density at radius 2 is 1.81 bits per heavy atom. The summed E-state index contributed by atoms with van der Waals surface area (Å²) in [5.74, 6) is 0.320. The lowest BCUT2D eigenvalue weighted by Crippen LogP contribution is -2.58. The maximum atomic E-state index is 12.4. The number of nitrogens with zero attached hydrogens (tertiary/aromatic N) is 2. The normalized spacial score (nSPS) is 18.4. The fourth-order valence-electron chi connectivity index (χ4n) is 2.82. The summed E-state index contributed by atoms with van der Waals surface area (Å²) in [6, 6.07) is 7.17. The minimum atomic E-state index is -0.755. The molecule has 1 saturated heterocycles. The molecule has 0 spiro atoms. The van der Waals surface area contributed by atoms with Gasteiger partial charge >= 0.3 is 0 Å². The van der Waals surface area contributed by atoms with Gasteiger partial charge in [0, 0.05) is 31.9 Å². The van der Waals surface area contributed by atoms with Crippen LogP contribution in [0.5, 0.6) is 5.75 Å². The van der Waals surface area contributed by atoms with Crippen LogP contribution in [0.4, 0.5) is 5.69 Å². The van der Waals surface area contributed by atoms with Crippen LogP contribution in [0.1, 0.15) is 26.7 Å². The fourth-order valence-corrected chi connectivity index (χ4v) is 2.82. The molecule has 0 radical (unpaired) electrons. The Kier molecular flexibility index (Phi) is 4.73. The lowest BCUT2D eigenvalue weighted by Gasteiger charge is -2.39. The number of aromatic hydroxyl groups is 1. The van der Waals surface area contributed by atoms with Gasteiger partial charge in [-0.3, -0.25) is 4.79 Å². The SMILES string of the molecule is CCCC(C)(N)C(=O)N1CCN(c2ccc(O)cc2)CC1. The minimum absolute atomic E-state index is 0.0507. The molecule has 0 saturated carbocycles. The Morgan fingerprint density at radius 3 is 2.33 bits per heavy atom. The first-order valence-electron chi connectivity index (χ1n) is 7.56. The molecular weight excluding hydrogens is 266 g/mol. The number of carbonyl (C=O) groups excluding carboxylic acids is 1. The average Bonchev–Trinajstić information content (AvgIpc) is 2.47. The van der Waals surface area contributed by atoms with Gasteiger partial charge in [-0.25, -0.2) is 0 Å². The third-order valence-corrected chi connectivity index (χ3v) is 4.04. The Labute approximate surface area is 126 Å². The first-order valence-corrected chi connectivity index (χ1v) is 7.56. The summed E-state index contributed by atoms with van der Waals surface area (Å²) in [5.41, 5.74) is 6.45. The van der Waals surface area contributed by atoms with E-state index in [2.05, 4.69) is 4.90 Å².